The molecular formula is C17H23N3O2. The van der Waals surface area contributed by atoms with Gasteiger partial charge in [0, 0.05) is 31.0 Å². The zero-order valence-corrected chi connectivity index (χ0v) is 13.5. The van der Waals surface area contributed by atoms with E-state index in [0.717, 1.165) is 43.0 Å². The standard InChI is InChI=1S/C17H23N3O2/c1-12-9-16(14(3)22-12)13(2)17(21)19-7-4-5-15(10-19)20-8-6-18-11-20/h6,8-9,11,13,15H,4-5,7,10H2,1-3H3/t13-,15-/m1/s1. The molecule has 1 saturated heterocycles. The Morgan fingerprint density at radius 2 is 2.27 bits per heavy atom. The molecule has 0 aromatic carbocycles. The van der Waals surface area contributed by atoms with E-state index in [4.69, 9.17) is 4.42 Å². The van der Waals surface area contributed by atoms with Gasteiger partial charge in [-0.15, -0.1) is 0 Å². The fourth-order valence-corrected chi connectivity index (χ4v) is 3.37. The fraction of sp³-hybridized carbons (Fsp3) is 0.529. The Bertz CT molecular complexity index is 645. The first-order valence-electron chi connectivity index (χ1n) is 7.89. The van der Waals surface area contributed by atoms with Crippen LogP contribution in [-0.4, -0.2) is 33.4 Å². The molecule has 0 saturated carbocycles. The lowest BCUT2D eigenvalue weighted by Gasteiger charge is -2.34. The number of nitrogens with zero attached hydrogens (tertiary/aromatic N) is 3. The summed E-state index contributed by atoms with van der Waals surface area (Å²) in [6, 6.07) is 2.31. The van der Waals surface area contributed by atoms with Gasteiger partial charge in [-0.25, -0.2) is 4.98 Å². The first kappa shape index (κ1) is 14.9. The quantitative estimate of drug-likeness (QED) is 0.875. The summed E-state index contributed by atoms with van der Waals surface area (Å²) >= 11 is 0. The van der Waals surface area contributed by atoms with Crippen molar-refractivity contribution < 1.29 is 9.21 Å². The molecule has 1 aliphatic heterocycles. The van der Waals surface area contributed by atoms with E-state index in [2.05, 4.69) is 9.55 Å². The van der Waals surface area contributed by atoms with E-state index in [1.807, 2.05) is 44.3 Å². The van der Waals surface area contributed by atoms with E-state index >= 15 is 0 Å². The van der Waals surface area contributed by atoms with Gasteiger partial charge in [-0.1, -0.05) is 0 Å². The van der Waals surface area contributed by atoms with Crippen molar-refractivity contribution in [1.82, 2.24) is 14.5 Å². The van der Waals surface area contributed by atoms with Crippen LogP contribution in [0.25, 0.3) is 0 Å². The first-order chi connectivity index (χ1) is 10.6. The number of aromatic nitrogens is 2. The third-order valence-corrected chi connectivity index (χ3v) is 4.57. The Balaban J connectivity index is 1.72. The van der Waals surface area contributed by atoms with Crippen molar-refractivity contribution in [3.8, 4) is 0 Å². The average Bonchev–Trinajstić information content (AvgIpc) is 3.15. The summed E-state index contributed by atoms with van der Waals surface area (Å²) in [5.41, 5.74) is 1.01. The van der Waals surface area contributed by atoms with Crippen molar-refractivity contribution in [2.75, 3.05) is 13.1 Å². The van der Waals surface area contributed by atoms with E-state index in [0.29, 0.717) is 6.04 Å². The molecule has 1 fully saturated rings. The van der Waals surface area contributed by atoms with Crippen LogP contribution in [0.5, 0.6) is 0 Å². The van der Waals surface area contributed by atoms with Crippen LogP contribution in [-0.2, 0) is 4.79 Å². The molecule has 0 N–H and O–H groups in total. The number of likely N-dealkylation sites (tertiary alicyclic amines) is 1. The Hall–Kier alpha value is -2.04. The Morgan fingerprint density at radius 3 is 2.91 bits per heavy atom. The van der Waals surface area contributed by atoms with Gasteiger partial charge in [0.15, 0.2) is 0 Å². The van der Waals surface area contributed by atoms with Gasteiger partial charge >= 0.3 is 0 Å². The number of hydrogen-bond donors (Lipinski definition) is 0. The van der Waals surface area contributed by atoms with Gasteiger partial charge in [-0.2, -0.15) is 0 Å². The molecule has 2 aromatic rings. The van der Waals surface area contributed by atoms with Gasteiger partial charge in [-0.3, -0.25) is 4.79 Å². The number of carbonyl (C=O) groups excluding carboxylic acids is 1. The van der Waals surface area contributed by atoms with E-state index in [-0.39, 0.29) is 11.8 Å². The fourth-order valence-electron chi connectivity index (χ4n) is 3.37. The van der Waals surface area contributed by atoms with Crippen molar-refractivity contribution >= 4 is 5.91 Å². The lowest BCUT2D eigenvalue weighted by atomic mass is 9.97. The van der Waals surface area contributed by atoms with Crippen molar-refractivity contribution in [2.24, 2.45) is 0 Å². The summed E-state index contributed by atoms with van der Waals surface area (Å²) in [6.07, 6.45) is 7.74. The van der Waals surface area contributed by atoms with Crippen LogP contribution in [0.1, 0.15) is 48.8 Å². The highest BCUT2D eigenvalue weighted by Gasteiger charge is 2.29. The molecule has 0 aliphatic carbocycles. The molecule has 5 nitrogen and oxygen atoms in total. The Kier molecular flexibility index (Phi) is 4.05. The molecular weight excluding hydrogens is 278 g/mol. The Morgan fingerprint density at radius 1 is 1.45 bits per heavy atom. The summed E-state index contributed by atoms with van der Waals surface area (Å²) < 4.78 is 7.68. The molecule has 3 rings (SSSR count). The SMILES string of the molecule is Cc1cc([C@@H](C)C(=O)N2CCC[C@@H](n3ccnc3)C2)c(C)o1. The minimum absolute atomic E-state index is 0.154. The predicted octanol–water partition coefficient (Wildman–Crippen LogP) is 3.06. The monoisotopic (exact) mass is 301 g/mol. The molecule has 1 aliphatic rings. The maximum Gasteiger partial charge on any atom is 0.230 e. The molecule has 0 unspecified atom stereocenters. The lowest BCUT2D eigenvalue weighted by Crippen LogP contribution is -2.42. The first-order valence-corrected chi connectivity index (χ1v) is 7.89. The van der Waals surface area contributed by atoms with Gasteiger partial charge in [0.25, 0.3) is 0 Å². The van der Waals surface area contributed by atoms with Crippen LogP contribution < -0.4 is 0 Å². The summed E-state index contributed by atoms with van der Waals surface area (Å²) in [6.45, 7) is 7.42. The summed E-state index contributed by atoms with van der Waals surface area (Å²) in [7, 11) is 0. The van der Waals surface area contributed by atoms with Gasteiger partial charge in [0.2, 0.25) is 5.91 Å². The lowest BCUT2D eigenvalue weighted by molar-refractivity contribution is -0.134. The zero-order chi connectivity index (χ0) is 15.7. The molecule has 2 aromatic heterocycles. The molecule has 0 radical (unpaired) electrons. The van der Waals surface area contributed by atoms with E-state index in [9.17, 15) is 4.79 Å². The summed E-state index contributed by atoms with van der Waals surface area (Å²) in [5, 5.41) is 0. The van der Waals surface area contributed by atoms with Gasteiger partial charge < -0.3 is 13.9 Å². The van der Waals surface area contributed by atoms with Gasteiger partial charge in [-0.05, 0) is 39.7 Å². The second-order valence-electron chi connectivity index (χ2n) is 6.18. The number of imidazole rings is 1. The van der Waals surface area contributed by atoms with Crippen molar-refractivity contribution in [3.63, 3.8) is 0 Å². The smallest absolute Gasteiger partial charge is 0.230 e. The highest BCUT2D eigenvalue weighted by atomic mass is 16.3. The zero-order valence-electron chi connectivity index (χ0n) is 13.5. The highest BCUT2D eigenvalue weighted by molar-refractivity contribution is 5.83. The normalized spacial score (nSPS) is 20.1. The van der Waals surface area contributed by atoms with E-state index in [1.165, 1.54) is 0 Å². The Labute approximate surface area is 130 Å². The maximum atomic E-state index is 12.8. The third kappa shape index (κ3) is 2.80. The predicted molar refractivity (Wildman–Crippen MR) is 83.7 cm³/mol. The molecule has 1 amide bonds. The molecule has 2 atom stereocenters. The molecule has 0 bridgehead atoms. The largest absolute Gasteiger partial charge is 0.466 e. The van der Waals surface area contributed by atoms with Crippen molar-refractivity contribution in [2.45, 2.75) is 45.6 Å². The maximum absolute atomic E-state index is 12.8. The van der Waals surface area contributed by atoms with Gasteiger partial charge in [0.1, 0.15) is 11.5 Å². The minimum atomic E-state index is -0.154. The van der Waals surface area contributed by atoms with Crippen LogP contribution >= 0.6 is 0 Å². The number of carbonyl (C=O) groups is 1. The van der Waals surface area contributed by atoms with E-state index < -0.39 is 0 Å². The second kappa shape index (κ2) is 5.99. The number of amides is 1. The van der Waals surface area contributed by atoms with Crippen molar-refractivity contribution in [3.05, 3.63) is 41.9 Å². The molecule has 118 valence electrons. The molecule has 5 heteroatoms. The van der Waals surface area contributed by atoms with Crippen LogP contribution in [0.2, 0.25) is 0 Å². The molecule has 3 heterocycles. The third-order valence-electron chi connectivity index (χ3n) is 4.57. The average molecular weight is 301 g/mol. The van der Waals surface area contributed by atoms with Gasteiger partial charge in [0.05, 0.1) is 18.3 Å². The number of aryl methyl sites for hydroxylation is 2. The summed E-state index contributed by atoms with van der Waals surface area (Å²) in [5.74, 6) is 1.75. The summed E-state index contributed by atoms with van der Waals surface area (Å²) in [4.78, 5) is 18.9. The van der Waals surface area contributed by atoms with Crippen LogP contribution in [0.15, 0.2) is 29.2 Å². The molecule has 0 spiro atoms. The van der Waals surface area contributed by atoms with Crippen molar-refractivity contribution in [1.29, 1.82) is 0 Å². The number of hydrogen-bond acceptors (Lipinski definition) is 3. The number of piperidine rings is 1. The van der Waals surface area contributed by atoms with E-state index in [1.54, 1.807) is 6.20 Å². The van der Waals surface area contributed by atoms with Crippen LogP contribution in [0.3, 0.4) is 0 Å². The van der Waals surface area contributed by atoms with Crippen LogP contribution in [0, 0.1) is 13.8 Å². The number of rotatable bonds is 3. The minimum Gasteiger partial charge on any atom is -0.466 e. The van der Waals surface area contributed by atoms with Crippen LogP contribution in [0.4, 0.5) is 0 Å². The molecule has 22 heavy (non-hydrogen) atoms. The second-order valence-corrected chi connectivity index (χ2v) is 6.18. The highest BCUT2D eigenvalue weighted by Crippen LogP contribution is 2.28. The number of furan rings is 1. The topological polar surface area (TPSA) is 51.3 Å².